The number of benzene rings is 1. The SMILES string of the molecule is CCOc1cccc(CNC(=NC)NCc2nnc3ccccn23)c1OC(F)F.I. The number of pyridine rings is 1. The number of nitrogens with zero attached hydrogens (tertiary/aromatic N) is 4. The highest BCUT2D eigenvalue weighted by Gasteiger charge is 2.16. The first-order valence-corrected chi connectivity index (χ1v) is 9.05. The molecule has 1 aromatic carbocycles. The van der Waals surface area contributed by atoms with Crippen molar-refractivity contribution in [1.82, 2.24) is 25.2 Å². The number of hydrogen-bond donors (Lipinski definition) is 2. The molecule has 0 spiro atoms. The van der Waals surface area contributed by atoms with Crippen molar-refractivity contribution in [2.45, 2.75) is 26.6 Å². The molecule has 3 rings (SSSR count). The average Bonchev–Trinajstić information content (AvgIpc) is 3.13. The normalized spacial score (nSPS) is 11.3. The Morgan fingerprint density at radius 2 is 1.93 bits per heavy atom. The fraction of sp³-hybridized carbons (Fsp3) is 0.316. The predicted molar refractivity (Wildman–Crippen MR) is 120 cm³/mol. The van der Waals surface area contributed by atoms with Crippen LogP contribution in [0.3, 0.4) is 0 Å². The molecule has 0 aliphatic heterocycles. The molecule has 8 nitrogen and oxygen atoms in total. The smallest absolute Gasteiger partial charge is 0.387 e. The van der Waals surface area contributed by atoms with E-state index in [0.29, 0.717) is 30.5 Å². The van der Waals surface area contributed by atoms with E-state index in [4.69, 9.17) is 4.74 Å². The number of halogens is 3. The number of fused-ring (bicyclic) bond motifs is 1. The van der Waals surface area contributed by atoms with Gasteiger partial charge in [0.25, 0.3) is 0 Å². The van der Waals surface area contributed by atoms with Crippen molar-refractivity contribution >= 4 is 35.6 Å². The van der Waals surface area contributed by atoms with Crippen LogP contribution in [-0.4, -0.2) is 40.8 Å². The molecule has 0 aliphatic rings. The van der Waals surface area contributed by atoms with Crippen molar-refractivity contribution in [3.8, 4) is 11.5 Å². The first-order valence-electron chi connectivity index (χ1n) is 9.05. The van der Waals surface area contributed by atoms with Gasteiger partial charge in [-0.05, 0) is 25.1 Å². The lowest BCUT2D eigenvalue weighted by Crippen LogP contribution is -2.36. The van der Waals surface area contributed by atoms with Gasteiger partial charge in [0.2, 0.25) is 0 Å². The maximum atomic E-state index is 12.8. The van der Waals surface area contributed by atoms with Crippen LogP contribution in [0.1, 0.15) is 18.3 Å². The molecule has 3 aromatic rings. The van der Waals surface area contributed by atoms with Crippen LogP contribution in [0.4, 0.5) is 8.78 Å². The van der Waals surface area contributed by atoms with Crippen molar-refractivity contribution in [3.63, 3.8) is 0 Å². The van der Waals surface area contributed by atoms with E-state index in [-0.39, 0.29) is 42.0 Å². The summed E-state index contributed by atoms with van der Waals surface area (Å²) in [5.41, 5.74) is 1.26. The molecular formula is C19H23F2IN6O2. The molecule has 0 aliphatic carbocycles. The molecule has 0 saturated carbocycles. The van der Waals surface area contributed by atoms with Gasteiger partial charge >= 0.3 is 6.61 Å². The van der Waals surface area contributed by atoms with E-state index in [1.54, 1.807) is 32.2 Å². The molecule has 30 heavy (non-hydrogen) atoms. The minimum Gasteiger partial charge on any atom is -0.490 e. The van der Waals surface area contributed by atoms with Gasteiger partial charge in [-0.2, -0.15) is 8.78 Å². The molecule has 0 radical (unpaired) electrons. The summed E-state index contributed by atoms with van der Waals surface area (Å²) in [6.45, 7) is -0.245. The Morgan fingerprint density at radius 1 is 1.13 bits per heavy atom. The van der Waals surface area contributed by atoms with E-state index in [0.717, 1.165) is 5.65 Å². The van der Waals surface area contributed by atoms with Gasteiger partial charge in [-0.25, -0.2) is 0 Å². The van der Waals surface area contributed by atoms with Crippen LogP contribution in [0.2, 0.25) is 0 Å². The van der Waals surface area contributed by atoms with Crippen molar-refractivity contribution in [1.29, 1.82) is 0 Å². The predicted octanol–water partition coefficient (Wildman–Crippen LogP) is 3.21. The Bertz CT molecular complexity index is 983. The number of nitrogens with one attached hydrogen (secondary N) is 2. The molecule has 0 unspecified atom stereocenters. The summed E-state index contributed by atoms with van der Waals surface area (Å²) in [5.74, 6) is 1.46. The van der Waals surface area contributed by atoms with Crippen LogP contribution in [-0.2, 0) is 13.1 Å². The summed E-state index contributed by atoms with van der Waals surface area (Å²) in [4.78, 5) is 4.15. The highest BCUT2D eigenvalue weighted by atomic mass is 127. The molecule has 0 atom stereocenters. The van der Waals surface area contributed by atoms with Gasteiger partial charge in [0.1, 0.15) is 0 Å². The first kappa shape index (κ1) is 23.6. The number of ether oxygens (including phenoxy) is 2. The lowest BCUT2D eigenvalue weighted by molar-refractivity contribution is -0.0520. The zero-order valence-corrected chi connectivity index (χ0v) is 18.8. The van der Waals surface area contributed by atoms with Crippen molar-refractivity contribution in [2.75, 3.05) is 13.7 Å². The zero-order chi connectivity index (χ0) is 20.6. The second kappa shape index (κ2) is 11.5. The van der Waals surface area contributed by atoms with E-state index in [1.807, 2.05) is 28.8 Å². The second-order valence-electron chi connectivity index (χ2n) is 5.88. The summed E-state index contributed by atoms with van der Waals surface area (Å²) < 4.78 is 37.6. The third-order valence-corrected chi connectivity index (χ3v) is 4.04. The van der Waals surface area contributed by atoms with Crippen molar-refractivity contribution in [2.24, 2.45) is 4.99 Å². The number of guanidine groups is 1. The monoisotopic (exact) mass is 532 g/mol. The molecule has 0 amide bonds. The first-order chi connectivity index (χ1) is 14.1. The van der Waals surface area contributed by atoms with E-state index >= 15 is 0 Å². The van der Waals surface area contributed by atoms with E-state index in [1.165, 1.54) is 0 Å². The largest absolute Gasteiger partial charge is 0.490 e. The third kappa shape index (κ3) is 5.90. The summed E-state index contributed by atoms with van der Waals surface area (Å²) in [5, 5.41) is 14.4. The standard InChI is InChI=1S/C19H22F2N6O2.HI/c1-3-28-14-8-6-7-13(17(14)29-18(20)21)11-23-19(22-2)24-12-16-26-25-15-9-4-5-10-27(15)16;/h4-10,18H,3,11-12H2,1-2H3,(H2,22,23,24);1H. The molecule has 162 valence electrons. The summed E-state index contributed by atoms with van der Waals surface area (Å²) >= 11 is 0. The maximum absolute atomic E-state index is 12.8. The Morgan fingerprint density at radius 3 is 2.67 bits per heavy atom. The molecule has 11 heteroatoms. The minimum atomic E-state index is -2.95. The topological polar surface area (TPSA) is 85.1 Å². The summed E-state index contributed by atoms with van der Waals surface area (Å²) in [7, 11) is 1.62. The molecule has 2 N–H and O–H groups in total. The second-order valence-corrected chi connectivity index (χ2v) is 5.88. The van der Waals surface area contributed by atoms with Crippen LogP contribution >= 0.6 is 24.0 Å². The van der Waals surface area contributed by atoms with Crippen molar-refractivity contribution < 1.29 is 18.3 Å². The van der Waals surface area contributed by atoms with Crippen molar-refractivity contribution in [3.05, 3.63) is 54.0 Å². The van der Waals surface area contributed by atoms with Gasteiger partial charge in [-0.3, -0.25) is 9.39 Å². The average molecular weight is 532 g/mol. The number of para-hydroxylation sites is 1. The van der Waals surface area contributed by atoms with Gasteiger partial charge in [0, 0.05) is 25.4 Å². The third-order valence-electron chi connectivity index (χ3n) is 4.04. The van der Waals surface area contributed by atoms with Gasteiger partial charge in [0.15, 0.2) is 28.9 Å². The van der Waals surface area contributed by atoms with Gasteiger partial charge < -0.3 is 20.1 Å². The molecule has 2 aromatic heterocycles. The molecular weight excluding hydrogens is 509 g/mol. The Hall–Kier alpha value is -2.70. The number of rotatable bonds is 8. The quantitative estimate of drug-likeness (QED) is 0.264. The molecule has 2 heterocycles. The Balaban J connectivity index is 0.00000320. The van der Waals surface area contributed by atoms with E-state index < -0.39 is 6.61 Å². The van der Waals surface area contributed by atoms with Gasteiger partial charge in [-0.15, -0.1) is 34.2 Å². The highest BCUT2D eigenvalue weighted by molar-refractivity contribution is 14.0. The fourth-order valence-corrected chi connectivity index (χ4v) is 2.77. The lowest BCUT2D eigenvalue weighted by Gasteiger charge is -2.17. The van der Waals surface area contributed by atoms with Crippen LogP contribution < -0.4 is 20.1 Å². The van der Waals surface area contributed by atoms with Gasteiger partial charge in [-0.1, -0.05) is 18.2 Å². The number of aliphatic imine (C=N–C) groups is 1. The number of hydrogen-bond acceptors (Lipinski definition) is 5. The Labute approximate surface area is 189 Å². The van der Waals surface area contributed by atoms with Crippen LogP contribution in [0.15, 0.2) is 47.6 Å². The zero-order valence-electron chi connectivity index (χ0n) is 16.5. The summed E-state index contributed by atoms with van der Waals surface area (Å²) in [6.07, 6.45) is 1.87. The number of alkyl halides is 2. The van der Waals surface area contributed by atoms with E-state index in [2.05, 4.69) is 30.6 Å². The fourth-order valence-electron chi connectivity index (χ4n) is 2.77. The van der Waals surface area contributed by atoms with Crippen LogP contribution in [0.25, 0.3) is 5.65 Å². The lowest BCUT2D eigenvalue weighted by atomic mass is 10.2. The maximum Gasteiger partial charge on any atom is 0.387 e. The highest BCUT2D eigenvalue weighted by Crippen LogP contribution is 2.32. The molecule has 0 fully saturated rings. The Kier molecular flexibility index (Phi) is 9.02. The molecule has 0 bridgehead atoms. The van der Waals surface area contributed by atoms with E-state index in [9.17, 15) is 8.78 Å². The van der Waals surface area contributed by atoms with Crippen LogP contribution in [0, 0.1) is 0 Å². The molecule has 0 saturated heterocycles. The summed E-state index contributed by atoms with van der Waals surface area (Å²) in [6, 6.07) is 10.6. The number of aromatic nitrogens is 3. The van der Waals surface area contributed by atoms with Crippen LogP contribution in [0.5, 0.6) is 11.5 Å². The minimum absolute atomic E-state index is 0. The van der Waals surface area contributed by atoms with Gasteiger partial charge in [0.05, 0.1) is 13.2 Å².